The quantitative estimate of drug-likeness (QED) is 0.0598. The molecule has 2 heteroatoms. The first-order chi connectivity index (χ1) is 23.8. The highest BCUT2D eigenvalue weighted by atomic mass is 15.4. The lowest BCUT2D eigenvalue weighted by molar-refractivity contribution is 0.135. The van der Waals surface area contributed by atoms with E-state index in [1.54, 1.807) is 0 Å². The third kappa shape index (κ3) is 29.1. The van der Waals surface area contributed by atoms with Gasteiger partial charge in [0.25, 0.3) is 0 Å². The highest BCUT2D eigenvalue weighted by Crippen LogP contribution is 2.24. The van der Waals surface area contributed by atoms with E-state index in [-0.39, 0.29) is 0 Å². The molecule has 1 atom stereocenters. The van der Waals surface area contributed by atoms with Crippen LogP contribution in [0.25, 0.3) is 0 Å². The van der Waals surface area contributed by atoms with Gasteiger partial charge in [-0.2, -0.15) is 0 Å². The third-order valence-electron chi connectivity index (χ3n) is 11.3. The van der Waals surface area contributed by atoms with Crippen LogP contribution < -0.4 is 0 Å². The minimum absolute atomic E-state index is 0.638. The lowest BCUT2D eigenvalue weighted by atomic mass is 10.0. The Labute approximate surface area is 305 Å². The van der Waals surface area contributed by atoms with E-state index in [9.17, 15) is 0 Å². The van der Waals surface area contributed by atoms with Crippen molar-refractivity contribution in [2.24, 2.45) is 0 Å². The van der Waals surface area contributed by atoms with Crippen LogP contribution in [0.1, 0.15) is 265 Å². The molecule has 2 nitrogen and oxygen atoms in total. The molecule has 0 fully saturated rings. The van der Waals surface area contributed by atoms with Crippen LogP contribution in [0.4, 0.5) is 0 Å². The van der Waals surface area contributed by atoms with E-state index >= 15 is 0 Å². The van der Waals surface area contributed by atoms with E-state index in [4.69, 9.17) is 0 Å². The SMILES string of the molecule is CCCCCCCCCCCCCCCCCCCN1C=CN(CCCCCCCCCC)C1CCCCCCCCCCCCCC. The summed E-state index contributed by atoms with van der Waals surface area (Å²) in [6, 6.07) is 0. The van der Waals surface area contributed by atoms with Gasteiger partial charge >= 0.3 is 0 Å². The summed E-state index contributed by atoms with van der Waals surface area (Å²) < 4.78 is 0. The van der Waals surface area contributed by atoms with E-state index < -0.39 is 0 Å². The van der Waals surface area contributed by atoms with Gasteiger partial charge in [-0.15, -0.1) is 0 Å². The zero-order valence-corrected chi connectivity index (χ0v) is 33.9. The van der Waals surface area contributed by atoms with Gasteiger partial charge < -0.3 is 9.80 Å². The second-order valence-electron chi connectivity index (χ2n) is 16.1. The smallest absolute Gasteiger partial charge is 0.101 e. The number of rotatable bonds is 40. The summed E-state index contributed by atoms with van der Waals surface area (Å²) in [4.78, 5) is 5.46. The van der Waals surface area contributed by atoms with Gasteiger partial charge in [-0.1, -0.05) is 239 Å². The fourth-order valence-corrected chi connectivity index (χ4v) is 7.95. The maximum Gasteiger partial charge on any atom is 0.101 e. The van der Waals surface area contributed by atoms with Crippen LogP contribution in [0, 0.1) is 0 Å². The second-order valence-corrected chi connectivity index (χ2v) is 16.1. The number of hydrogen-bond donors (Lipinski definition) is 0. The molecule has 0 saturated heterocycles. The van der Waals surface area contributed by atoms with Crippen LogP contribution in [0.3, 0.4) is 0 Å². The summed E-state index contributed by atoms with van der Waals surface area (Å²) in [5.74, 6) is 0. The molecule has 0 amide bonds. The lowest BCUT2D eigenvalue weighted by Gasteiger charge is -2.33. The fraction of sp³-hybridized carbons (Fsp3) is 0.957. The summed E-state index contributed by atoms with van der Waals surface area (Å²) >= 11 is 0. The molecule has 0 aromatic heterocycles. The van der Waals surface area contributed by atoms with Crippen LogP contribution in [-0.4, -0.2) is 29.1 Å². The largest absolute Gasteiger partial charge is 0.356 e. The van der Waals surface area contributed by atoms with Crippen molar-refractivity contribution in [3.8, 4) is 0 Å². The maximum atomic E-state index is 2.73. The van der Waals surface area contributed by atoms with Gasteiger partial charge in [0.05, 0.1) is 0 Å². The van der Waals surface area contributed by atoms with Crippen molar-refractivity contribution in [3.05, 3.63) is 12.4 Å². The van der Waals surface area contributed by atoms with Crippen LogP contribution in [0.5, 0.6) is 0 Å². The highest BCUT2D eigenvalue weighted by molar-refractivity contribution is 4.97. The number of nitrogens with zero attached hydrogens (tertiary/aromatic N) is 2. The van der Waals surface area contributed by atoms with Crippen LogP contribution in [0.15, 0.2) is 12.4 Å². The third-order valence-corrected chi connectivity index (χ3v) is 11.3. The Hall–Kier alpha value is -0.660. The molecular formula is C46H92N2. The average molecular weight is 673 g/mol. The Kier molecular flexibility index (Phi) is 35.5. The van der Waals surface area contributed by atoms with Crippen LogP contribution in [-0.2, 0) is 0 Å². The first-order valence-corrected chi connectivity index (χ1v) is 23.0. The fourth-order valence-electron chi connectivity index (χ4n) is 7.95. The molecule has 0 aromatic rings. The van der Waals surface area contributed by atoms with Crippen molar-refractivity contribution >= 4 is 0 Å². The van der Waals surface area contributed by atoms with Gasteiger partial charge in [-0.25, -0.2) is 0 Å². The molecule has 0 bridgehead atoms. The Bertz CT molecular complexity index is 630. The second kappa shape index (κ2) is 37.6. The van der Waals surface area contributed by atoms with E-state index in [0.717, 1.165) is 0 Å². The lowest BCUT2D eigenvalue weighted by Crippen LogP contribution is -2.39. The number of unbranched alkanes of at least 4 members (excludes halogenated alkanes) is 34. The molecular weight excluding hydrogens is 581 g/mol. The topological polar surface area (TPSA) is 6.48 Å². The van der Waals surface area contributed by atoms with Crippen molar-refractivity contribution in [2.45, 2.75) is 271 Å². The van der Waals surface area contributed by atoms with E-state index in [2.05, 4.69) is 43.0 Å². The Balaban J connectivity index is 2.15. The van der Waals surface area contributed by atoms with Gasteiger partial charge in [-0.05, 0) is 25.7 Å². The van der Waals surface area contributed by atoms with Crippen molar-refractivity contribution in [1.82, 2.24) is 9.80 Å². The normalized spacial score (nSPS) is 14.6. The Morgan fingerprint density at radius 2 is 0.479 bits per heavy atom. The maximum absolute atomic E-state index is 2.73. The van der Waals surface area contributed by atoms with Gasteiger partial charge in [0.15, 0.2) is 0 Å². The molecule has 286 valence electrons. The molecule has 0 saturated carbocycles. The standard InChI is InChI=1S/C46H92N2/c1-4-7-10-13-16-19-21-23-24-25-26-27-29-31-34-37-40-43-48-45-44-47(42-39-36-33-18-15-12-9-6-3)46(48)41-38-35-32-30-28-22-20-17-14-11-8-5-2/h44-46H,4-43H2,1-3H3. The molecule has 1 rings (SSSR count). The zero-order valence-electron chi connectivity index (χ0n) is 33.9. The first kappa shape index (κ1) is 45.4. The zero-order chi connectivity index (χ0) is 34.4. The highest BCUT2D eigenvalue weighted by Gasteiger charge is 2.24. The van der Waals surface area contributed by atoms with Gasteiger partial charge in [0.1, 0.15) is 6.17 Å². The molecule has 1 unspecified atom stereocenters. The molecule has 0 aromatic carbocycles. The average Bonchev–Trinajstić information content (AvgIpc) is 3.48. The minimum Gasteiger partial charge on any atom is -0.356 e. The predicted molar refractivity (Wildman–Crippen MR) is 219 cm³/mol. The summed E-state index contributed by atoms with van der Waals surface area (Å²) in [7, 11) is 0. The molecule has 0 radical (unpaired) electrons. The van der Waals surface area contributed by atoms with Crippen molar-refractivity contribution in [2.75, 3.05) is 13.1 Å². The van der Waals surface area contributed by atoms with E-state index in [1.165, 1.54) is 257 Å². The molecule has 0 N–H and O–H groups in total. The Morgan fingerprint density at radius 3 is 0.729 bits per heavy atom. The monoisotopic (exact) mass is 673 g/mol. The van der Waals surface area contributed by atoms with Gasteiger partial charge in [-0.3, -0.25) is 0 Å². The molecule has 0 aliphatic carbocycles. The molecule has 0 spiro atoms. The van der Waals surface area contributed by atoms with Crippen molar-refractivity contribution < 1.29 is 0 Å². The summed E-state index contributed by atoms with van der Waals surface area (Å²) in [5.41, 5.74) is 0. The van der Waals surface area contributed by atoms with Gasteiger partial charge in [0.2, 0.25) is 0 Å². The van der Waals surface area contributed by atoms with Crippen molar-refractivity contribution in [1.29, 1.82) is 0 Å². The van der Waals surface area contributed by atoms with Crippen molar-refractivity contribution in [3.63, 3.8) is 0 Å². The number of hydrogen-bond acceptors (Lipinski definition) is 2. The molecule has 1 heterocycles. The summed E-state index contributed by atoms with van der Waals surface area (Å²) in [6.07, 6.45) is 60.4. The minimum atomic E-state index is 0.638. The van der Waals surface area contributed by atoms with E-state index in [1.807, 2.05) is 0 Å². The molecule has 48 heavy (non-hydrogen) atoms. The Morgan fingerprint density at radius 1 is 0.271 bits per heavy atom. The molecule has 1 aliphatic heterocycles. The predicted octanol–water partition coefficient (Wildman–Crippen LogP) is 16.3. The molecule has 1 aliphatic rings. The summed E-state index contributed by atoms with van der Waals surface area (Å²) in [5, 5.41) is 0. The van der Waals surface area contributed by atoms with E-state index in [0.29, 0.717) is 6.17 Å². The summed E-state index contributed by atoms with van der Waals surface area (Å²) in [6.45, 7) is 9.49. The van der Waals surface area contributed by atoms with Crippen LogP contribution in [0.2, 0.25) is 0 Å². The van der Waals surface area contributed by atoms with Gasteiger partial charge in [0, 0.05) is 25.5 Å². The van der Waals surface area contributed by atoms with Crippen LogP contribution >= 0.6 is 0 Å². The first-order valence-electron chi connectivity index (χ1n) is 23.0.